The zero-order valence-corrected chi connectivity index (χ0v) is 18.4. The molecule has 0 atom stereocenters. The number of rotatable bonds is 4. The molecule has 0 bridgehead atoms. The van der Waals surface area contributed by atoms with E-state index in [0.717, 1.165) is 22.3 Å². The molecule has 0 saturated carbocycles. The molecule has 2 aromatic heterocycles. The van der Waals surface area contributed by atoms with Crippen LogP contribution in [0.5, 0.6) is 0 Å². The van der Waals surface area contributed by atoms with Gasteiger partial charge in [-0.05, 0) is 67.1 Å². The molecule has 0 saturated heterocycles. The minimum atomic E-state index is -0.366. The predicted octanol–water partition coefficient (Wildman–Crippen LogP) is 6.55. The molecule has 32 heavy (non-hydrogen) atoms. The molecule has 0 radical (unpaired) electrons. The predicted molar refractivity (Wildman–Crippen MR) is 126 cm³/mol. The molecule has 0 spiro atoms. The minimum absolute atomic E-state index is 0.179. The normalized spacial score (nSPS) is 11.1. The number of hydrogen-bond acceptors (Lipinski definition) is 4. The lowest BCUT2D eigenvalue weighted by Gasteiger charge is -2.06. The van der Waals surface area contributed by atoms with Gasteiger partial charge in [-0.2, -0.15) is 4.80 Å². The van der Waals surface area contributed by atoms with Crippen LogP contribution in [-0.4, -0.2) is 20.9 Å². The Bertz CT molecular complexity index is 1460. The number of hydrogen-bond donors (Lipinski definition) is 1. The van der Waals surface area contributed by atoms with Crippen molar-refractivity contribution in [3.8, 4) is 17.0 Å². The van der Waals surface area contributed by atoms with Crippen molar-refractivity contribution in [1.29, 1.82) is 0 Å². The van der Waals surface area contributed by atoms with E-state index in [4.69, 9.17) is 27.6 Å². The van der Waals surface area contributed by atoms with Gasteiger partial charge in [-0.1, -0.05) is 41.4 Å². The van der Waals surface area contributed by atoms with Gasteiger partial charge in [0, 0.05) is 11.3 Å². The number of fused-ring (bicyclic) bond motifs is 1. The van der Waals surface area contributed by atoms with Gasteiger partial charge in [0.1, 0.15) is 16.8 Å². The number of benzene rings is 3. The monoisotopic (exact) mass is 462 g/mol. The Hall–Kier alpha value is -3.61. The SMILES string of the molecule is Cc1cc2nn(-c3ccccc3)nc2cc1NC(=O)c1ccc(-c2ccc(Cl)c(Cl)c2)o1. The van der Waals surface area contributed by atoms with Crippen LogP contribution in [0, 0.1) is 6.92 Å². The average molecular weight is 463 g/mol. The maximum absolute atomic E-state index is 12.8. The van der Waals surface area contributed by atoms with Crippen molar-refractivity contribution in [2.75, 3.05) is 5.32 Å². The fourth-order valence-electron chi connectivity index (χ4n) is 3.33. The van der Waals surface area contributed by atoms with Gasteiger partial charge >= 0.3 is 0 Å². The quantitative estimate of drug-likeness (QED) is 0.328. The number of amides is 1. The Morgan fingerprint density at radius 1 is 0.906 bits per heavy atom. The molecule has 158 valence electrons. The third-order valence-corrected chi connectivity index (χ3v) is 5.73. The van der Waals surface area contributed by atoms with Crippen molar-refractivity contribution in [2.45, 2.75) is 6.92 Å². The van der Waals surface area contributed by atoms with Crippen molar-refractivity contribution in [2.24, 2.45) is 0 Å². The highest BCUT2D eigenvalue weighted by Crippen LogP contribution is 2.30. The number of halogens is 2. The fourth-order valence-corrected chi connectivity index (χ4v) is 3.63. The van der Waals surface area contributed by atoms with E-state index in [-0.39, 0.29) is 11.7 Å². The largest absolute Gasteiger partial charge is 0.451 e. The van der Waals surface area contributed by atoms with E-state index in [1.165, 1.54) is 0 Å². The maximum atomic E-state index is 12.8. The van der Waals surface area contributed by atoms with E-state index < -0.39 is 0 Å². The standard InChI is InChI=1S/C24H16Cl2N4O2/c1-14-11-20-21(29-30(28-20)16-5-3-2-4-6-16)13-19(14)27-24(31)23-10-9-22(32-23)15-7-8-17(25)18(26)12-15/h2-13H,1H3,(H,27,31). The summed E-state index contributed by atoms with van der Waals surface area (Å²) < 4.78 is 5.74. The number of aromatic nitrogens is 3. The summed E-state index contributed by atoms with van der Waals surface area (Å²) in [6.45, 7) is 1.90. The molecule has 0 aliphatic rings. The van der Waals surface area contributed by atoms with Crippen LogP contribution >= 0.6 is 23.2 Å². The number of para-hydroxylation sites is 1. The number of aryl methyl sites for hydroxylation is 1. The maximum Gasteiger partial charge on any atom is 0.291 e. The van der Waals surface area contributed by atoms with E-state index in [9.17, 15) is 4.79 Å². The van der Waals surface area contributed by atoms with Crippen molar-refractivity contribution in [1.82, 2.24) is 15.0 Å². The van der Waals surface area contributed by atoms with Gasteiger partial charge in [0.25, 0.3) is 5.91 Å². The molecule has 1 N–H and O–H groups in total. The van der Waals surface area contributed by atoms with Gasteiger partial charge in [-0.15, -0.1) is 10.2 Å². The third-order valence-electron chi connectivity index (χ3n) is 5.00. The van der Waals surface area contributed by atoms with Crippen LogP contribution in [0.25, 0.3) is 28.0 Å². The van der Waals surface area contributed by atoms with Gasteiger partial charge in [-0.25, -0.2) is 0 Å². The number of carbonyl (C=O) groups excluding carboxylic acids is 1. The molecule has 0 aliphatic heterocycles. The molecule has 1 amide bonds. The Morgan fingerprint density at radius 2 is 1.66 bits per heavy atom. The second-order valence-corrected chi connectivity index (χ2v) is 8.04. The Kier molecular flexibility index (Phi) is 5.17. The van der Waals surface area contributed by atoms with Crippen molar-refractivity contribution in [3.63, 3.8) is 0 Å². The number of furan rings is 1. The van der Waals surface area contributed by atoms with Gasteiger partial charge in [0.2, 0.25) is 0 Å². The van der Waals surface area contributed by atoms with Crippen LogP contribution in [0.1, 0.15) is 16.1 Å². The summed E-state index contributed by atoms with van der Waals surface area (Å²) in [6.07, 6.45) is 0. The first-order valence-corrected chi connectivity index (χ1v) is 10.5. The van der Waals surface area contributed by atoms with Crippen LogP contribution in [0.3, 0.4) is 0 Å². The molecular formula is C24H16Cl2N4O2. The Labute approximate surface area is 193 Å². The Balaban J connectivity index is 1.40. The van der Waals surface area contributed by atoms with Gasteiger partial charge < -0.3 is 9.73 Å². The van der Waals surface area contributed by atoms with Crippen molar-refractivity contribution in [3.05, 3.63) is 94.2 Å². The number of nitrogens with zero attached hydrogens (tertiary/aromatic N) is 3. The molecule has 5 aromatic rings. The molecule has 3 aromatic carbocycles. The molecule has 0 unspecified atom stereocenters. The van der Waals surface area contributed by atoms with Crippen LogP contribution in [0.4, 0.5) is 5.69 Å². The Morgan fingerprint density at radius 3 is 2.41 bits per heavy atom. The third kappa shape index (κ3) is 3.86. The summed E-state index contributed by atoms with van der Waals surface area (Å²) in [6, 6.07) is 21.8. The van der Waals surface area contributed by atoms with Crippen molar-refractivity contribution >= 4 is 45.8 Å². The lowest BCUT2D eigenvalue weighted by atomic mass is 10.1. The molecule has 5 rings (SSSR count). The topological polar surface area (TPSA) is 73.0 Å². The molecule has 0 fully saturated rings. The van der Waals surface area contributed by atoms with Crippen LogP contribution in [0.2, 0.25) is 10.0 Å². The van der Waals surface area contributed by atoms with E-state index in [1.807, 2.05) is 43.3 Å². The second-order valence-electron chi connectivity index (χ2n) is 7.23. The zero-order chi connectivity index (χ0) is 22.2. The number of nitrogens with one attached hydrogen (secondary N) is 1. The van der Waals surface area contributed by atoms with Gasteiger partial charge in [0.05, 0.1) is 15.7 Å². The molecule has 6 nitrogen and oxygen atoms in total. The summed E-state index contributed by atoms with van der Waals surface area (Å²) in [7, 11) is 0. The molecule has 2 heterocycles. The van der Waals surface area contributed by atoms with Crippen molar-refractivity contribution < 1.29 is 9.21 Å². The summed E-state index contributed by atoms with van der Waals surface area (Å²) in [5.74, 6) is 0.333. The second kappa shape index (κ2) is 8.15. The van der Waals surface area contributed by atoms with Gasteiger partial charge in [-0.3, -0.25) is 4.79 Å². The number of anilines is 1. The first-order valence-electron chi connectivity index (χ1n) is 9.78. The lowest BCUT2D eigenvalue weighted by Crippen LogP contribution is -2.11. The lowest BCUT2D eigenvalue weighted by molar-refractivity contribution is 0.0997. The van der Waals surface area contributed by atoms with Crippen LogP contribution in [-0.2, 0) is 0 Å². The first-order chi connectivity index (χ1) is 15.5. The summed E-state index contributed by atoms with van der Waals surface area (Å²) in [4.78, 5) is 14.4. The highest BCUT2D eigenvalue weighted by molar-refractivity contribution is 6.42. The van der Waals surface area contributed by atoms with E-state index in [1.54, 1.807) is 41.2 Å². The fraction of sp³-hybridized carbons (Fsp3) is 0.0417. The highest BCUT2D eigenvalue weighted by atomic mass is 35.5. The highest BCUT2D eigenvalue weighted by Gasteiger charge is 2.16. The van der Waals surface area contributed by atoms with Crippen LogP contribution < -0.4 is 5.32 Å². The van der Waals surface area contributed by atoms with Crippen LogP contribution in [0.15, 0.2) is 77.2 Å². The zero-order valence-electron chi connectivity index (χ0n) is 16.8. The first kappa shape index (κ1) is 20.3. The molecule has 8 heteroatoms. The average Bonchev–Trinajstić information content (AvgIpc) is 3.44. The number of carbonyl (C=O) groups is 1. The summed E-state index contributed by atoms with van der Waals surface area (Å²) >= 11 is 12.0. The summed E-state index contributed by atoms with van der Waals surface area (Å²) in [5.41, 5.74) is 4.50. The van der Waals surface area contributed by atoms with E-state index in [0.29, 0.717) is 27.0 Å². The summed E-state index contributed by atoms with van der Waals surface area (Å²) in [5, 5.41) is 12.8. The smallest absolute Gasteiger partial charge is 0.291 e. The minimum Gasteiger partial charge on any atom is -0.451 e. The molecule has 0 aliphatic carbocycles. The molecular weight excluding hydrogens is 447 g/mol. The van der Waals surface area contributed by atoms with E-state index in [2.05, 4.69) is 15.5 Å². The van der Waals surface area contributed by atoms with E-state index >= 15 is 0 Å². The van der Waals surface area contributed by atoms with Gasteiger partial charge in [0.15, 0.2) is 5.76 Å².